The molecular formula is C16H19N7. The normalized spacial score (nSPS) is 10.6. The summed E-state index contributed by atoms with van der Waals surface area (Å²) in [6, 6.07) is 8.11. The second-order valence-corrected chi connectivity index (χ2v) is 5.45. The van der Waals surface area contributed by atoms with E-state index >= 15 is 0 Å². The van der Waals surface area contributed by atoms with Crippen molar-refractivity contribution in [2.75, 3.05) is 24.3 Å². The van der Waals surface area contributed by atoms with Crippen LogP contribution >= 0.6 is 0 Å². The molecule has 0 aliphatic heterocycles. The summed E-state index contributed by atoms with van der Waals surface area (Å²) in [4.78, 5) is 14.8. The molecule has 0 bridgehead atoms. The van der Waals surface area contributed by atoms with Crippen LogP contribution in [0.4, 0.5) is 11.8 Å². The third kappa shape index (κ3) is 3.45. The van der Waals surface area contributed by atoms with Crippen LogP contribution in [0, 0.1) is 6.92 Å². The van der Waals surface area contributed by atoms with Gasteiger partial charge in [-0.15, -0.1) is 0 Å². The summed E-state index contributed by atoms with van der Waals surface area (Å²) in [5.41, 5.74) is 3.18. The molecular weight excluding hydrogens is 290 g/mol. The first-order valence-corrected chi connectivity index (χ1v) is 7.32. The predicted molar refractivity (Wildman–Crippen MR) is 89.8 cm³/mol. The number of aryl methyl sites for hydroxylation is 1. The number of nitrogens with zero attached hydrogens (tertiary/aromatic N) is 6. The molecule has 2 heterocycles. The fourth-order valence-electron chi connectivity index (χ4n) is 2.26. The smallest absolute Gasteiger partial charge is 0.224 e. The SMILES string of the molecule is Cc1cnc(NCc2ccc(-n3cncn3)cc2)nc1N(C)C. The fraction of sp³-hybridized carbons (Fsp3) is 0.250. The van der Waals surface area contributed by atoms with Crippen molar-refractivity contribution in [1.29, 1.82) is 0 Å². The molecule has 0 saturated heterocycles. The van der Waals surface area contributed by atoms with Gasteiger partial charge >= 0.3 is 0 Å². The van der Waals surface area contributed by atoms with Crippen molar-refractivity contribution < 1.29 is 0 Å². The van der Waals surface area contributed by atoms with Gasteiger partial charge in [0.15, 0.2) is 0 Å². The molecule has 0 aliphatic carbocycles. The number of hydrogen-bond donors (Lipinski definition) is 1. The zero-order valence-corrected chi connectivity index (χ0v) is 13.4. The lowest BCUT2D eigenvalue weighted by molar-refractivity contribution is 0.877. The Labute approximate surface area is 135 Å². The van der Waals surface area contributed by atoms with Gasteiger partial charge in [0.05, 0.1) is 5.69 Å². The lowest BCUT2D eigenvalue weighted by atomic mass is 10.2. The van der Waals surface area contributed by atoms with Crippen molar-refractivity contribution in [3.05, 3.63) is 54.2 Å². The maximum Gasteiger partial charge on any atom is 0.224 e. The van der Waals surface area contributed by atoms with Gasteiger partial charge in [-0.2, -0.15) is 10.1 Å². The standard InChI is InChI=1S/C16H19N7/c1-12-8-18-16(21-15(12)22(2)3)19-9-13-4-6-14(7-5-13)23-11-17-10-20-23/h4-8,10-11H,9H2,1-3H3,(H,18,19,21). The fourth-order valence-corrected chi connectivity index (χ4v) is 2.26. The van der Waals surface area contributed by atoms with Crippen LogP contribution in [0.25, 0.3) is 5.69 Å². The molecule has 0 saturated carbocycles. The highest BCUT2D eigenvalue weighted by atomic mass is 15.3. The molecule has 1 N–H and O–H groups in total. The lowest BCUT2D eigenvalue weighted by Gasteiger charge is -2.15. The van der Waals surface area contributed by atoms with Crippen LogP contribution < -0.4 is 10.2 Å². The third-order valence-electron chi connectivity index (χ3n) is 3.44. The van der Waals surface area contributed by atoms with Gasteiger partial charge in [0.1, 0.15) is 18.5 Å². The Balaban J connectivity index is 1.68. The van der Waals surface area contributed by atoms with Crippen LogP contribution in [0.1, 0.15) is 11.1 Å². The summed E-state index contributed by atoms with van der Waals surface area (Å²) in [6.07, 6.45) is 5.03. The topological polar surface area (TPSA) is 71.8 Å². The highest BCUT2D eigenvalue weighted by molar-refractivity contribution is 5.47. The second kappa shape index (κ2) is 6.43. The molecule has 0 amide bonds. The Kier molecular flexibility index (Phi) is 4.18. The molecule has 2 aromatic heterocycles. The average Bonchev–Trinajstić information content (AvgIpc) is 3.09. The molecule has 0 fully saturated rings. The summed E-state index contributed by atoms with van der Waals surface area (Å²) >= 11 is 0. The highest BCUT2D eigenvalue weighted by Gasteiger charge is 2.05. The minimum absolute atomic E-state index is 0.625. The Hall–Kier alpha value is -2.96. The van der Waals surface area contributed by atoms with E-state index in [0.717, 1.165) is 22.6 Å². The molecule has 0 unspecified atom stereocenters. The summed E-state index contributed by atoms with van der Waals surface area (Å²) in [6.45, 7) is 2.66. The Morgan fingerprint density at radius 1 is 1.17 bits per heavy atom. The molecule has 1 aromatic carbocycles. The van der Waals surface area contributed by atoms with Crippen molar-refractivity contribution in [2.24, 2.45) is 0 Å². The first-order valence-electron chi connectivity index (χ1n) is 7.32. The number of anilines is 2. The van der Waals surface area contributed by atoms with Gasteiger partial charge in [-0.3, -0.25) is 0 Å². The molecule has 23 heavy (non-hydrogen) atoms. The van der Waals surface area contributed by atoms with Gasteiger partial charge in [0.2, 0.25) is 5.95 Å². The van der Waals surface area contributed by atoms with E-state index in [-0.39, 0.29) is 0 Å². The maximum absolute atomic E-state index is 4.53. The molecule has 3 aromatic rings. The number of rotatable bonds is 5. The van der Waals surface area contributed by atoms with E-state index in [2.05, 4.69) is 25.4 Å². The van der Waals surface area contributed by atoms with Crippen LogP contribution in [-0.2, 0) is 6.54 Å². The highest BCUT2D eigenvalue weighted by Crippen LogP contribution is 2.16. The quantitative estimate of drug-likeness (QED) is 0.777. The molecule has 0 radical (unpaired) electrons. The van der Waals surface area contributed by atoms with E-state index in [1.807, 2.05) is 56.4 Å². The zero-order valence-electron chi connectivity index (χ0n) is 13.4. The predicted octanol–water partition coefficient (Wildman–Crippen LogP) is 2.04. The first-order chi connectivity index (χ1) is 11.1. The summed E-state index contributed by atoms with van der Waals surface area (Å²) < 4.78 is 1.73. The number of benzene rings is 1. The molecule has 0 atom stereocenters. The molecule has 7 nitrogen and oxygen atoms in total. The van der Waals surface area contributed by atoms with Crippen molar-refractivity contribution >= 4 is 11.8 Å². The molecule has 0 aliphatic rings. The van der Waals surface area contributed by atoms with E-state index in [0.29, 0.717) is 12.5 Å². The zero-order chi connectivity index (χ0) is 16.2. The Morgan fingerprint density at radius 3 is 2.61 bits per heavy atom. The van der Waals surface area contributed by atoms with Crippen LogP contribution in [0.3, 0.4) is 0 Å². The monoisotopic (exact) mass is 309 g/mol. The van der Waals surface area contributed by atoms with Crippen molar-refractivity contribution in [3.8, 4) is 5.69 Å². The van der Waals surface area contributed by atoms with Crippen LogP contribution in [0.15, 0.2) is 43.1 Å². The van der Waals surface area contributed by atoms with Crippen molar-refractivity contribution in [2.45, 2.75) is 13.5 Å². The summed E-state index contributed by atoms with van der Waals surface area (Å²) in [5.74, 6) is 1.55. The number of nitrogens with one attached hydrogen (secondary N) is 1. The van der Waals surface area contributed by atoms with E-state index < -0.39 is 0 Å². The van der Waals surface area contributed by atoms with Gasteiger partial charge in [-0.25, -0.2) is 14.6 Å². The molecule has 118 valence electrons. The molecule has 0 spiro atoms. The number of aromatic nitrogens is 5. The second-order valence-electron chi connectivity index (χ2n) is 5.45. The van der Waals surface area contributed by atoms with Gasteiger partial charge in [-0.1, -0.05) is 12.1 Å². The number of hydrogen-bond acceptors (Lipinski definition) is 6. The minimum Gasteiger partial charge on any atom is -0.362 e. The maximum atomic E-state index is 4.53. The lowest BCUT2D eigenvalue weighted by Crippen LogP contribution is -2.14. The largest absolute Gasteiger partial charge is 0.362 e. The van der Waals surface area contributed by atoms with Gasteiger partial charge < -0.3 is 10.2 Å². The van der Waals surface area contributed by atoms with E-state index in [1.54, 1.807) is 11.0 Å². The molecule has 3 rings (SSSR count). The summed E-state index contributed by atoms with van der Waals surface area (Å²) in [7, 11) is 3.95. The average molecular weight is 309 g/mol. The van der Waals surface area contributed by atoms with Gasteiger partial charge in [0.25, 0.3) is 0 Å². The van der Waals surface area contributed by atoms with E-state index in [1.165, 1.54) is 6.33 Å². The van der Waals surface area contributed by atoms with Crippen molar-refractivity contribution in [3.63, 3.8) is 0 Å². The van der Waals surface area contributed by atoms with Crippen LogP contribution in [0.2, 0.25) is 0 Å². The Bertz CT molecular complexity index is 764. The van der Waals surface area contributed by atoms with Gasteiger partial charge in [0, 0.05) is 32.4 Å². The molecule has 7 heteroatoms. The van der Waals surface area contributed by atoms with Gasteiger partial charge in [-0.05, 0) is 24.6 Å². The minimum atomic E-state index is 0.625. The summed E-state index contributed by atoms with van der Waals surface area (Å²) in [5, 5.41) is 7.36. The van der Waals surface area contributed by atoms with Crippen molar-refractivity contribution in [1.82, 2.24) is 24.7 Å². The third-order valence-corrected chi connectivity index (χ3v) is 3.44. The van der Waals surface area contributed by atoms with Crippen LogP contribution in [-0.4, -0.2) is 38.8 Å². The van der Waals surface area contributed by atoms with E-state index in [4.69, 9.17) is 0 Å². The van der Waals surface area contributed by atoms with Crippen LogP contribution in [0.5, 0.6) is 0 Å². The van der Waals surface area contributed by atoms with E-state index in [9.17, 15) is 0 Å². The Morgan fingerprint density at radius 2 is 1.96 bits per heavy atom. The first kappa shape index (κ1) is 15.0.